The minimum absolute atomic E-state index is 0.796. The van der Waals surface area contributed by atoms with Crippen LogP contribution in [-0.4, -0.2) is 24.5 Å². The van der Waals surface area contributed by atoms with E-state index in [1.54, 1.807) is 0 Å². The molecule has 0 bridgehead atoms. The van der Waals surface area contributed by atoms with Gasteiger partial charge in [-0.1, -0.05) is 19.8 Å². The van der Waals surface area contributed by atoms with Crippen LogP contribution in [0, 0.1) is 23.8 Å². The number of hydrogen-bond donors (Lipinski definition) is 1. The summed E-state index contributed by atoms with van der Waals surface area (Å²) in [4.78, 5) is 2.59. The van der Waals surface area contributed by atoms with Gasteiger partial charge in [-0.2, -0.15) is 0 Å². The van der Waals surface area contributed by atoms with Gasteiger partial charge in [0.1, 0.15) is 0 Å². The fourth-order valence-electron chi connectivity index (χ4n) is 2.32. The highest BCUT2D eigenvalue weighted by Crippen LogP contribution is 2.21. The van der Waals surface area contributed by atoms with Crippen molar-refractivity contribution in [2.45, 2.75) is 39.5 Å². The van der Waals surface area contributed by atoms with Crippen LogP contribution in [0.2, 0.25) is 0 Å². The molecule has 0 aromatic heterocycles. The van der Waals surface area contributed by atoms with Gasteiger partial charge in [-0.05, 0) is 44.2 Å². The summed E-state index contributed by atoms with van der Waals surface area (Å²) in [6, 6.07) is 2.48. The summed E-state index contributed by atoms with van der Waals surface area (Å²) in [5.41, 5.74) is 5.15. The van der Waals surface area contributed by atoms with Gasteiger partial charge >= 0.3 is 0 Å². The molecule has 86 valence electrons. The SMILES string of the molecule is CC(C)CN1CCC(CCC#CN)CC1. The fourth-order valence-corrected chi connectivity index (χ4v) is 2.32. The molecular weight excluding hydrogens is 184 g/mol. The Labute approximate surface area is 94.2 Å². The lowest BCUT2D eigenvalue weighted by Gasteiger charge is -2.32. The van der Waals surface area contributed by atoms with Crippen LogP contribution in [0.4, 0.5) is 0 Å². The van der Waals surface area contributed by atoms with Crippen LogP contribution in [0.5, 0.6) is 0 Å². The van der Waals surface area contributed by atoms with Crippen LogP contribution in [0.3, 0.4) is 0 Å². The third-order valence-electron chi connectivity index (χ3n) is 3.11. The normalized spacial score (nSPS) is 18.9. The van der Waals surface area contributed by atoms with Gasteiger partial charge in [-0.15, -0.1) is 0 Å². The molecule has 1 fully saturated rings. The summed E-state index contributed by atoms with van der Waals surface area (Å²) < 4.78 is 0. The molecule has 2 heteroatoms. The molecule has 0 unspecified atom stereocenters. The standard InChI is InChI=1S/C13H24N2/c1-12(2)11-15-9-6-13(7-10-15)5-3-4-8-14/h12-13H,3,5-7,9-11,14H2,1-2H3. The van der Waals surface area contributed by atoms with E-state index in [9.17, 15) is 0 Å². The highest BCUT2D eigenvalue weighted by atomic mass is 15.1. The van der Waals surface area contributed by atoms with Crippen LogP contribution in [0.1, 0.15) is 39.5 Å². The number of rotatable bonds is 4. The van der Waals surface area contributed by atoms with Crippen LogP contribution in [-0.2, 0) is 0 Å². The number of nitrogens with zero attached hydrogens (tertiary/aromatic N) is 1. The molecule has 0 spiro atoms. The molecule has 1 rings (SSSR count). The quantitative estimate of drug-likeness (QED) is 0.566. The number of hydrogen-bond acceptors (Lipinski definition) is 2. The maximum atomic E-state index is 5.15. The predicted molar refractivity (Wildman–Crippen MR) is 65.2 cm³/mol. The van der Waals surface area contributed by atoms with E-state index >= 15 is 0 Å². The highest BCUT2D eigenvalue weighted by molar-refractivity contribution is 4.94. The number of piperidine rings is 1. The lowest BCUT2D eigenvalue weighted by atomic mass is 9.92. The van der Waals surface area contributed by atoms with Gasteiger partial charge in [0, 0.05) is 19.0 Å². The minimum atomic E-state index is 0.796. The summed E-state index contributed by atoms with van der Waals surface area (Å²) in [6.07, 6.45) is 4.91. The highest BCUT2D eigenvalue weighted by Gasteiger charge is 2.18. The molecule has 1 aliphatic rings. The molecule has 1 aliphatic heterocycles. The molecule has 0 radical (unpaired) electrons. The second-order valence-corrected chi connectivity index (χ2v) is 5.00. The van der Waals surface area contributed by atoms with Gasteiger partial charge < -0.3 is 10.6 Å². The Kier molecular flexibility index (Phi) is 5.57. The van der Waals surface area contributed by atoms with Gasteiger partial charge in [0.2, 0.25) is 0 Å². The van der Waals surface area contributed by atoms with Crippen LogP contribution >= 0.6 is 0 Å². The lowest BCUT2D eigenvalue weighted by Crippen LogP contribution is -2.36. The monoisotopic (exact) mass is 208 g/mol. The van der Waals surface area contributed by atoms with Crippen LogP contribution in [0.25, 0.3) is 0 Å². The van der Waals surface area contributed by atoms with Gasteiger partial charge in [-0.25, -0.2) is 0 Å². The maximum absolute atomic E-state index is 5.15. The van der Waals surface area contributed by atoms with E-state index < -0.39 is 0 Å². The molecule has 0 aliphatic carbocycles. The zero-order chi connectivity index (χ0) is 11.1. The molecule has 2 N–H and O–H groups in total. The maximum Gasteiger partial charge on any atom is 0.0110 e. The number of nitrogens with two attached hydrogens (primary N) is 1. The Bertz CT molecular complexity index is 216. The van der Waals surface area contributed by atoms with Crippen LogP contribution in [0.15, 0.2) is 0 Å². The summed E-state index contributed by atoms with van der Waals surface area (Å²) in [5, 5.41) is 0. The smallest absolute Gasteiger partial charge is 0.0110 e. The Balaban J connectivity index is 2.14. The zero-order valence-electron chi connectivity index (χ0n) is 10.1. The second kappa shape index (κ2) is 6.74. The third kappa shape index (κ3) is 5.09. The van der Waals surface area contributed by atoms with Crippen LogP contribution < -0.4 is 5.73 Å². The van der Waals surface area contributed by atoms with Crippen molar-refractivity contribution in [3.63, 3.8) is 0 Å². The first kappa shape index (κ1) is 12.4. The summed E-state index contributed by atoms with van der Waals surface area (Å²) in [6.45, 7) is 8.40. The van der Waals surface area contributed by atoms with E-state index in [0.717, 1.165) is 18.3 Å². The zero-order valence-corrected chi connectivity index (χ0v) is 10.1. The predicted octanol–water partition coefficient (Wildman–Crippen LogP) is 2.05. The molecule has 1 saturated heterocycles. The molecule has 0 atom stereocenters. The van der Waals surface area contributed by atoms with E-state index in [1.165, 1.54) is 38.9 Å². The van der Waals surface area contributed by atoms with Crippen molar-refractivity contribution in [1.82, 2.24) is 4.90 Å². The van der Waals surface area contributed by atoms with E-state index in [0.29, 0.717) is 0 Å². The van der Waals surface area contributed by atoms with Gasteiger partial charge in [0.15, 0.2) is 0 Å². The van der Waals surface area contributed by atoms with E-state index in [1.807, 2.05) is 0 Å². The summed E-state index contributed by atoms with van der Waals surface area (Å²) in [5.74, 6) is 4.63. The molecule has 0 saturated carbocycles. The minimum Gasteiger partial charge on any atom is -0.359 e. The van der Waals surface area contributed by atoms with Gasteiger partial charge in [0.25, 0.3) is 0 Å². The summed E-state index contributed by atoms with van der Waals surface area (Å²) in [7, 11) is 0. The van der Waals surface area contributed by atoms with Crippen molar-refractivity contribution < 1.29 is 0 Å². The molecule has 1 heterocycles. The Hall–Kier alpha value is -0.680. The van der Waals surface area contributed by atoms with Gasteiger partial charge in [0.05, 0.1) is 0 Å². The Morgan fingerprint density at radius 3 is 2.53 bits per heavy atom. The fraction of sp³-hybridized carbons (Fsp3) is 0.846. The Morgan fingerprint density at radius 2 is 2.00 bits per heavy atom. The van der Waals surface area contributed by atoms with Crippen molar-refractivity contribution in [3.8, 4) is 12.0 Å². The average Bonchev–Trinajstić information content (AvgIpc) is 2.20. The van der Waals surface area contributed by atoms with E-state index in [-0.39, 0.29) is 0 Å². The molecule has 0 aromatic carbocycles. The van der Waals surface area contributed by atoms with Crippen molar-refractivity contribution in [2.75, 3.05) is 19.6 Å². The first-order valence-electron chi connectivity index (χ1n) is 6.13. The van der Waals surface area contributed by atoms with Crippen molar-refractivity contribution in [2.24, 2.45) is 17.6 Å². The molecule has 0 aromatic rings. The van der Waals surface area contributed by atoms with Crippen molar-refractivity contribution in [1.29, 1.82) is 0 Å². The van der Waals surface area contributed by atoms with Crippen molar-refractivity contribution in [3.05, 3.63) is 0 Å². The molecule has 15 heavy (non-hydrogen) atoms. The second-order valence-electron chi connectivity index (χ2n) is 5.00. The van der Waals surface area contributed by atoms with E-state index in [4.69, 9.17) is 5.73 Å². The molecular formula is C13H24N2. The Morgan fingerprint density at radius 1 is 1.33 bits per heavy atom. The number of likely N-dealkylation sites (tertiary alicyclic amines) is 1. The summed E-state index contributed by atoms with van der Waals surface area (Å²) >= 11 is 0. The molecule has 0 amide bonds. The largest absolute Gasteiger partial charge is 0.359 e. The third-order valence-corrected chi connectivity index (χ3v) is 3.11. The van der Waals surface area contributed by atoms with Gasteiger partial charge in [-0.3, -0.25) is 0 Å². The molecule has 2 nitrogen and oxygen atoms in total. The van der Waals surface area contributed by atoms with E-state index in [2.05, 4.69) is 30.7 Å². The first-order valence-corrected chi connectivity index (χ1v) is 6.13. The average molecular weight is 208 g/mol. The topological polar surface area (TPSA) is 29.3 Å². The lowest BCUT2D eigenvalue weighted by molar-refractivity contribution is 0.164. The first-order chi connectivity index (χ1) is 7.22. The van der Waals surface area contributed by atoms with Crippen molar-refractivity contribution >= 4 is 0 Å².